The Morgan fingerprint density at radius 3 is 2.29 bits per heavy atom. The van der Waals surface area contributed by atoms with E-state index < -0.39 is 8.32 Å². The Labute approximate surface area is 287 Å². The summed E-state index contributed by atoms with van der Waals surface area (Å²) in [5.74, 6) is 3.41. The predicted octanol–water partition coefficient (Wildman–Crippen LogP) is 10.9. The SMILES string of the molecule is C[C@H]1CC[C@H]2[C@H](CN=[N+]=[N-])[C@@H]([C@@]3(C)Cc4cn(-c5ccc(Oc6ccc(F)cc6)cc5)nc4C[C@@H]3CO[Si](C)(C)C(C)(C)C)CC[C@]12C. The van der Waals surface area contributed by atoms with Crippen LogP contribution in [0.3, 0.4) is 0 Å². The summed E-state index contributed by atoms with van der Waals surface area (Å²) in [5.41, 5.74) is 13.2. The summed E-state index contributed by atoms with van der Waals surface area (Å²) in [6.45, 7) is 20.4. The van der Waals surface area contributed by atoms with Crippen molar-refractivity contribution in [1.29, 1.82) is 0 Å². The number of aromatic nitrogens is 2. The molecule has 3 aromatic rings. The first kappa shape index (κ1) is 34.7. The van der Waals surface area contributed by atoms with Crippen molar-refractivity contribution in [1.82, 2.24) is 9.78 Å². The Hall–Kier alpha value is -3.13. The van der Waals surface area contributed by atoms with Crippen LogP contribution < -0.4 is 4.74 Å². The van der Waals surface area contributed by atoms with Gasteiger partial charge in [0.2, 0.25) is 0 Å². The van der Waals surface area contributed by atoms with Gasteiger partial charge in [-0.2, -0.15) is 5.10 Å². The zero-order valence-electron chi connectivity index (χ0n) is 30.2. The third kappa shape index (κ3) is 6.46. The monoisotopic (exact) mass is 671 g/mol. The highest BCUT2D eigenvalue weighted by atomic mass is 28.4. The van der Waals surface area contributed by atoms with Gasteiger partial charge in [-0.25, -0.2) is 9.07 Å². The van der Waals surface area contributed by atoms with Gasteiger partial charge in [-0.05, 0) is 157 Å². The van der Waals surface area contributed by atoms with Crippen molar-refractivity contribution in [3.05, 3.63) is 82.2 Å². The molecule has 0 saturated heterocycles. The number of rotatable bonds is 9. The number of halogens is 1. The van der Waals surface area contributed by atoms with Crippen LogP contribution in [0.2, 0.25) is 18.1 Å². The zero-order chi connectivity index (χ0) is 34.5. The minimum atomic E-state index is -1.98. The largest absolute Gasteiger partial charge is 0.457 e. The van der Waals surface area contributed by atoms with Crippen molar-refractivity contribution in [3.8, 4) is 17.2 Å². The number of azide groups is 1. The van der Waals surface area contributed by atoms with Crippen molar-refractivity contribution in [3.63, 3.8) is 0 Å². The molecule has 0 aliphatic heterocycles. The molecule has 2 aromatic carbocycles. The van der Waals surface area contributed by atoms with E-state index in [2.05, 4.69) is 70.9 Å². The van der Waals surface area contributed by atoms with Crippen molar-refractivity contribution < 1.29 is 13.6 Å². The molecule has 48 heavy (non-hydrogen) atoms. The standard InChI is InChI=1S/C39H54FN5O2Si/c1-26-9-18-34-33(23-42-44-41)35(19-20-38(26,34)5)39(6)22-27-24-45(43-36(27)21-28(39)25-46-48(7,8)37(2,3)4)30-12-16-32(17-13-30)47-31-14-10-29(40)11-15-31/h10-17,24,26,28,33-35H,9,18-23,25H2,1-8H3/t26-,28+,33-,34-,35-,38+,39-/m0/s1. The van der Waals surface area contributed by atoms with E-state index >= 15 is 0 Å². The van der Waals surface area contributed by atoms with Gasteiger partial charge in [0, 0.05) is 24.3 Å². The fourth-order valence-electron chi connectivity index (χ4n) is 9.19. The van der Waals surface area contributed by atoms with Crippen molar-refractivity contribution in [2.75, 3.05) is 13.2 Å². The smallest absolute Gasteiger partial charge is 0.191 e. The van der Waals surface area contributed by atoms with E-state index in [1.165, 1.54) is 37.0 Å². The van der Waals surface area contributed by atoms with Gasteiger partial charge in [-0.1, -0.05) is 46.7 Å². The van der Waals surface area contributed by atoms with E-state index in [-0.39, 0.29) is 16.3 Å². The normalized spacial score (nSPS) is 30.3. The highest BCUT2D eigenvalue weighted by Crippen LogP contribution is 2.63. The molecule has 3 aliphatic rings. The van der Waals surface area contributed by atoms with Gasteiger partial charge in [0.1, 0.15) is 17.3 Å². The van der Waals surface area contributed by atoms with E-state index in [9.17, 15) is 9.92 Å². The Balaban J connectivity index is 1.31. The summed E-state index contributed by atoms with van der Waals surface area (Å²) < 4.78 is 28.3. The quantitative estimate of drug-likeness (QED) is 0.0982. The van der Waals surface area contributed by atoms with E-state index in [0.29, 0.717) is 53.0 Å². The number of nitrogens with zero attached hydrogens (tertiary/aromatic N) is 5. The second-order valence-corrected chi connectivity index (χ2v) is 21.9. The molecule has 0 unspecified atom stereocenters. The van der Waals surface area contributed by atoms with Crippen LogP contribution in [0, 0.1) is 46.2 Å². The Bertz CT molecular complexity index is 1640. The first-order valence-electron chi connectivity index (χ1n) is 17.9. The second-order valence-electron chi connectivity index (χ2n) is 17.1. The van der Waals surface area contributed by atoms with E-state index in [4.69, 9.17) is 14.3 Å². The molecule has 0 bridgehead atoms. The van der Waals surface area contributed by atoms with E-state index in [0.717, 1.165) is 37.3 Å². The third-order valence-electron chi connectivity index (χ3n) is 13.5. The molecule has 1 heterocycles. The highest BCUT2D eigenvalue weighted by Gasteiger charge is 2.57. The van der Waals surface area contributed by atoms with Gasteiger partial charge in [0.25, 0.3) is 0 Å². The molecular formula is C39H54FN5O2Si. The van der Waals surface area contributed by atoms with Crippen molar-refractivity contribution in [2.24, 2.45) is 45.5 Å². The fourth-order valence-corrected chi connectivity index (χ4v) is 10.2. The topological polar surface area (TPSA) is 85.0 Å². The molecule has 0 N–H and O–H groups in total. The maximum atomic E-state index is 13.3. The van der Waals surface area contributed by atoms with Crippen LogP contribution in [0.15, 0.2) is 59.8 Å². The zero-order valence-corrected chi connectivity index (χ0v) is 31.2. The maximum absolute atomic E-state index is 13.3. The van der Waals surface area contributed by atoms with Crippen LogP contribution in [0.25, 0.3) is 16.1 Å². The number of benzene rings is 2. The summed E-state index contributed by atoms with van der Waals surface area (Å²) in [6, 6.07) is 14.0. The molecule has 0 spiro atoms. The molecule has 7 nitrogen and oxygen atoms in total. The van der Waals surface area contributed by atoms with E-state index in [1.54, 1.807) is 12.1 Å². The molecule has 3 aliphatic carbocycles. The van der Waals surface area contributed by atoms with E-state index in [1.807, 2.05) is 28.9 Å². The molecule has 1 aromatic heterocycles. The minimum Gasteiger partial charge on any atom is -0.457 e. The minimum absolute atomic E-state index is 0.0150. The van der Waals surface area contributed by atoms with Crippen molar-refractivity contribution >= 4 is 8.32 Å². The Morgan fingerprint density at radius 1 is 1.00 bits per heavy atom. The molecule has 9 heteroatoms. The van der Waals surface area contributed by atoms with Crippen LogP contribution in [0.4, 0.5) is 4.39 Å². The fraction of sp³-hybridized carbons (Fsp3) is 0.615. The summed E-state index contributed by atoms with van der Waals surface area (Å²) in [7, 11) is -1.98. The van der Waals surface area contributed by atoms with Gasteiger partial charge < -0.3 is 9.16 Å². The number of fused-ring (bicyclic) bond motifs is 2. The average Bonchev–Trinajstić information content (AvgIpc) is 3.58. The maximum Gasteiger partial charge on any atom is 0.191 e. The van der Waals surface area contributed by atoms with Gasteiger partial charge in [-0.3, -0.25) is 0 Å². The molecule has 6 rings (SSSR count). The lowest BCUT2D eigenvalue weighted by Crippen LogP contribution is -2.53. The molecule has 0 amide bonds. The van der Waals surface area contributed by atoms with Crippen LogP contribution >= 0.6 is 0 Å². The van der Waals surface area contributed by atoms with Crippen LogP contribution in [-0.2, 0) is 17.3 Å². The highest BCUT2D eigenvalue weighted by molar-refractivity contribution is 6.74. The predicted molar refractivity (Wildman–Crippen MR) is 192 cm³/mol. The first-order valence-corrected chi connectivity index (χ1v) is 20.8. The van der Waals surface area contributed by atoms with Gasteiger partial charge in [-0.15, -0.1) is 0 Å². The van der Waals surface area contributed by atoms with Crippen LogP contribution in [-0.4, -0.2) is 31.2 Å². The summed E-state index contributed by atoms with van der Waals surface area (Å²) in [6.07, 6.45) is 8.93. The Morgan fingerprint density at radius 2 is 1.65 bits per heavy atom. The lowest BCUT2D eigenvalue weighted by atomic mass is 9.49. The molecular weight excluding hydrogens is 618 g/mol. The van der Waals surface area contributed by atoms with Gasteiger partial charge >= 0.3 is 0 Å². The second kappa shape index (κ2) is 13.0. The third-order valence-corrected chi connectivity index (χ3v) is 18.0. The first-order chi connectivity index (χ1) is 22.6. The van der Waals surface area contributed by atoms with Gasteiger partial charge in [0.05, 0.1) is 11.4 Å². The number of ether oxygens (including phenoxy) is 1. The van der Waals surface area contributed by atoms with Gasteiger partial charge in [0.15, 0.2) is 8.32 Å². The average molecular weight is 672 g/mol. The molecule has 2 saturated carbocycles. The van der Waals surface area contributed by atoms with Crippen molar-refractivity contribution in [2.45, 2.75) is 98.2 Å². The molecule has 7 atom stereocenters. The lowest BCUT2D eigenvalue weighted by Gasteiger charge is -2.56. The molecule has 0 radical (unpaired) electrons. The number of hydrogen-bond acceptors (Lipinski definition) is 4. The summed E-state index contributed by atoms with van der Waals surface area (Å²) in [5, 5.41) is 9.57. The molecule has 2 fully saturated rings. The Kier molecular flexibility index (Phi) is 9.37. The summed E-state index contributed by atoms with van der Waals surface area (Å²) in [4.78, 5) is 3.28. The molecule has 258 valence electrons. The summed E-state index contributed by atoms with van der Waals surface area (Å²) >= 11 is 0. The lowest BCUT2D eigenvalue weighted by molar-refractivity contribution is -0.0677. The van der Waals surface area contributed by atoms with Crippen LogP contribution in [0.5, 0.6) is 11.5 Å². The van der Waals surface area contributed by atoms with Crippen LogP contribution in [0.1, 0.15) is 78.5 Å². The number of hydrogen-bond donors (Lipinski definition) is 0.